The molecule has 0 unspecified atom stereocenters. The predicted octanol–water partition coefficient (Wildman–Crippen LogP) is 4.49. The highest BCUT2D eigenvalue weighted by Gasteiger charge is 2.02. The molecule has 0 aromatic rings. The Balaban J connectivity index is 3.25. The second kappa shape index (κ2) is 9.26. The zero-order valence-electron chi connectivity index (χ0n) is 11.9. The van der Waals surface area contributed by atoms with Gasteiger partial charge in [-0.3, -0.25) is 4.79 Å². The van der Waals surface area contributed by atoms with Crippen LogP contribution in [0.5, 0.6) is 0 Å². The molecule has 17 heavy (non-hydrogen) atoms. The monoisotopic (exact) mass is 240 g/mol. The fourth-order valence-electron chi connectivity index (χ4n) is 1.60. The molecule has 0 aliphatic carbocycles. The van der Waals surface area contributed by atoms with E-state index in [2.05, 4.69) is 37.7 Å². The van der Waals surface area contributed by atoms with Crippen molar-refractivity contribution in [2.24, 2.45) is 5.41 Å². The van der Waals surface area contributed by atoms with Gasteiger partial charge in [0.25, 0.3) is 0 Å². The maximum absolute atomic E-state index is 10.8. The third-order valence-corrected chi connectivity index (χ3v) is 2.60. The van der Waals surface area contributed by atoms with Gasteiger partial charge in [-0.05, 0) is 24.7 Å². The summed E-state index contributed by atoms with van der Waals surface area (Å²) in [5.41, 5.74) is 0.306. The number of rotatable bonds is 8. The lowest BCUT2D eigenvalue weighted by Gasteiger charge is -2.10. The van der Waals surface area contributed by atoms with Gasteiger partial charge < -0.3 is 4.74 Å². The highest BCUT2D eigenvalue weighted by atomic mass is 16.5. The Morgan fingerprint density at radius 2 is 1.65 bits per heavy atom. The molecule has 0 rings (SSSR count). The zero-order chi connectivity index (χ0) is 13.1. The molecule has 0 bridgehead atoms. The van der Waals surface area contributed by atoms with E-state index in [0.717, 1.165) is 12.8 Å². The van der Waals surface area contributed by atoms with Crippen LogP contribution in [0.2, 0.25) is 0 Å². The molecule has 0 N–H and O–H groups in total. The van der Waals surface area contributed by atoms with Crippen LogP contribution in [0, 0.1) is 5.41 Å². The van der Waals surface area contributed by atoms with Gasteiger partial charge in [-0.15, -0.1) is 0 Å². The van der Waals surface area contributed by atoms with E-state index in [0.29, 0.717) is 11.8 Å². The van der Waals surface area contributed by atoms with Crippen LogP contribution in [0.25, 0.3) is 0 Å². The molecule has 0 atom stereocenters. The standard InChI is InChI=1S/C15H28O2/c1-15(2,3)13-11-9-7-5-6-8-10-12-14(16)17-4/h11,13H,5-10,12H2,1-4H3. The molecule has 0 saturated heterocycles. The van der Waals surface area contributed by atoms with Crippen LogP contribution in [0.15, 0.2) is 12.2 Å². The number of hydrogen-bond donors (Lipinski definition) is 0. The van der Waals surface area contributed by atoms with Crippen LogP contribution in [0.3, 0.4) is 0 Å². The highest BCUT2D eigenvalue weighted by molar-refractivity contribution is 5.68. The minimum atomic E-state index is -0.0851. The Hall–Kier alpha value is -0.790. The average molecular weight is 240 g/mol. The summed E-state index contributed by atoms with van der Waals surface area (Å²) >= 11 is 0. The Morgan fingerprint density at radius 3 is 2.24 bits per heavy atom. The average Bonchev–Trinajstić information content (AvgIpc) is 2.25. The maximum Gasteiger partial charge on any atom is 0.305 e. The topological polar surface area (TPSA) is 26.3 Å². The second-order valence-electron chi connectivity index (χ2n) is 5.65. The number of carbonyl (C=O) groups excluding carboxylic acids is 1. The Kier molecular flexibility index (Phi) is 8.83. The van der Waals surface area contributed by atoms with Crippen molar-refractivity contribution in [3.8, 4) is 0 Å². The summed E-state index contributed by atoms with van der Waals surface area (Å²) in [6, 6.07) is 0. The van der Waals surface area contributed by atoms with Gasteiger partial charge in [0, 0.05) is 6.42 Å². The van der Waals surface area contributed by atoms with Gasteiger partial charge in [-0.1, -0.05) is 52.2 Å². The lowest BCUT2D eigenvalue weighted by atomic mass is 9.95. The minimum Gasteiger partial charge on any atom is -0.469 e. The second-order valence-corrected chi connectivity index (χ2v) is 5.65. The Morgan fingerprint density at radius 1 is 1.06 bits per heavy atom. The van der Waals surface area contributed by atoms with Gasteiger partial charge >= 0.3 is 5.97 Å². The van der Waals surface area contributed by atoms with Crippen molar-refractivity contribution in [3.63, 3.8) is 0 Å². The Bertz CT molecular complexity index is 224. The lowest BCUT2D eigenvalue weighted by Crippen LogP contribution is -1.99. The van der Waals surface area contributed by atoms with Crippen molar-refractivity contribution < 1.29 is 9.53 Å². The molecule has 0 aliphatic heterocycles. The molecule has 2 heteroatoms. The van der Waals surface area contributed by atoms with Gasteiger partial charge in [0.05, 0.1) is 7.11 Å². The summed E-state index contributed by atoms with van der Waals surface area (Å²) < 4.78 is 4.59. The first-order valence-electron chi connectivity index (χ1n) is 6.70. The van der Waals surface area contributed by atoms with E-state index >= 15 is 0 Å². The molecule has 0 fully saturated rings. The third-order valence-electron chi connectivity index (χ3n) is 2.60. The molecule has 100 valence electrons. The summed E-state index contributed by atoms with van der Waals surface area (Å²) in [6.45, 7) is 6.66. The third kappa shape index (κ3) is 13.1. The van der Waals surface area contributed by atoms with Gasteiger partial charge in [-0.25, -0.2) is 0 Å². The molecular formula is C15H28O2. The van der Waals surface area contributed by atoms with Crippen molar-refractivity contribution in [1.82, 2.24) is 0 Å². The van der Waals surface area contributed by atoms with Crippen molar-refractivity contribution in [2.75, 3.05) is 7.11 Å². The quantitative estimate of drug-likeness (QED) is 0.355. The van der Waals surface area contributed by atoms with Crippen molar-refractivity contribution in [1.29, 1.82) is 0 Å². The number of esters is 1. The summed E-state index contributed by atoms with van der Waals surface area (Å²) in [6.07, 6.45) is 12.1. The maximum atomic E-state index is 10.8. The molecule has 0 heterocycles. The largest absolute Gasteiger partial charge is 0.469 e. The van der Waals surface area contributed by atoms with Gasteiger partial charge in [0.2, 0.25) is 0 Å². The van der Waals surface area contributed by atoms with Gasteiger partial charge in [-0.2, -0.15) is 0 Å². The lowest BCUT2D eigenvalue weighted by molar-refractivity contribution is -0.140. The van der Waals surface area contributed by atoms with Gasteiger partial charge in [0.15, 0.2) is 0 Å². The van der Waals surface area contributed by atoms with E-state index < -0.39 is 0 Å². The number of hydrogen-bond acceptors (Lipinski definition) is 2. The van der Waals surface area contributed by atoms with Crippen LogP contribution < -0.4 is 0 Å². The summed E-state index contributed by atoms with van der Waals surface area (Å²) in [5.74, 6) is -0.0851. The highest BCUT2D eigenvalue weighted by Crippen LogP contribution is 2.15. The molecule has 0 radical (unpaired) electrons. The summed E-state index contributed by atoms with van der Waals surface area (Å²) in [4.78, 5) is 10.8. The number of unbranched alkanes of at least 4 members (excludes halogenated alkanes) is 5. The molecule has 0 aliphatic rings. The van der Waals surface area contributed by atoms with E-state index in [1.54, 1.807) is 0 Å². The normalized spacial score (nSPS) is 12.0. The van der Waals surface area contributed by atoms with Crippen LogP contribution in [0.1, 0.15) is 65.7 Å². The first kappa shape index (κ1) is 16.2. The first-order chi connectivity index (χ1) is 7.95. The number of allylic oxidation sites excluding steroid dienone is 2. The van der Waals surface area contributed by atoms with Crippen LogP contribution in [0.4, 0.5) is 0 Å². The van der Waals surface area contributed by atoms with Crippen LogP contribution in [-0.4, -0.2) is 13.1 Å². The van der Waals surface area contributed by atoms with Crippen molar-refractivity contribution in [3.05, 3.63) is 12.2 Å². The number of methoxy groups -OCH3 is 1. The summed E-state index contributed by atoms with van der Waals surface area (Å²) in [5, 5.41) is 0. The molecule has 0 aromatic carbocycles. The van der Waals surface area contributed by atoms with E-state index in [9.17, 15) is 4.79 Å². The molecule has 0 aromatic heterocycles. The van der Waals surface area contributed by atoms with E-state index in [1.165, 1.54) is 32.8 Å². The first-order valence-corrected chi connectivity index (χ1v) is 6.70. The SMILES string of the molecule is COC(=O)CCCCCCCC=CC(C)(C)C. The molecular weight excluding hydrogens is 212 g/mol. The minimum absolute atomic E-state index is 0.0851. The van der Waals surface area contributed by atoms with Crippen molar-refractivity contribution >= 4 is 5.97 Å². The molecule has 0 spiro atoms. The number of ether oxygens (including phenoxy) is 1. The van der Waals surface area contributed by atoms with E-state index in [-0.39, 0.29) is 5.97 Å². The van der Waals surface area contributed by atoms with E-state index in [4.69, 9.17) is 0 Å². The predicted molar refractivity (Wildman–Crippen MR) is 72.9 cm³/mol. The smallest absolute Gasteiger partial charge is 0.305 e. The molecule has 0 saturated carbocycles. The van der Waals surface area contributed by atoms with Crippen molar-refractivity contribution in [2.45, 2.75) is 65.7 Å². The fourth-order valence-corrected chi connectivity index (χ4v) is 1.60. The van der Waals surface area contributed by atoms with Crippen LogP contribution in [-0.2, 0) is 9.53 Å². The fraction of sp³-hybridized carbons (Fsp3) is 0.800. The summed E-state index contributed by atoms with van der Waals surface area (Å²) in [7, 11) is 1.45. The van der Waals surface area contributed by atoms with Crippen LogP contribution >= 0.6 is 0 Å². The van der Waals surface area contributed by atoms with Gasteiger partial charge in [0.1, 0.15) is 0 Å². The Labute approximate surface area is 106 Å². The zero-order valence-corrected chi connectivity index (χ0v) is 11.9. The van der Waals surface area contributed by atoms with E-state index in [1.807, 2.05) is 0 Å². The molecule has 0 amide bonds. The number of carbonyl (C=O) groups is 1. The molecule has 2 nitrogen and oxygen atoms in total.